The van der Waals surface area contributed by atoms with Crippen LogP contribution in [-0.4, -0.2) is 36.7 Å². The smallest absolute Gasteiger partial charge is 0.230 e. The van der Waals surface area contributed by atoms with Gasteiger partial charge in [0.25, 0.3) is 0 Å². The molecule has 0 aliphatic carbocycles. The number of rotatable bonds is 6. The van der Waals surface area contributed by atoms with Crippen LogP contribution in [0.15, 0.2) is 42.7 Å². The average Bonchev–Trinajstić information content (AvgIpc) is 2.63. The van der Waals surface area contributed by atoms with E-state index in [1.165, 1.54) is 19.5 Å². The lowest BCUT2D eigenvalue weighted by atomic mass is 10.1. The van der Waals surface area contributed by atoms with E-state index < -0.39 is 21.7 Å². The number of nitrogens with zero attached hydrogens (tertiary/aromatic N) is 3. The van der Waals surface area contributed by atoms with Crippen molar-refractivity contribution in [3.63, 3.8) is 0 Å². The van der Waals surface area contributed by atoms with Crippen LogP contribution < -0.4 is 14.8 Å². The fourth-order valence-corrected chi connectivity index (χ4v) is 2.95. The van der Waals surface area contributed by atoms with Gasteiger partial charge in [-0.3, -0.25) is 4.72 Å². The number of sulfonamides is 1. The van der Waals surface area contributed by atoms with Gasteiger partial charge in [0, 0.05) is 5.69 Å². The summed E-state index contributed by atoms with van der Waals surface area (Å²) in [4.78, 5) is 12.1. The van der Waals surface area contributed by atoms with Gasteiger partial charge in [0.2, 0.25) is 21.8 Å². The molecule has 2 aromatic carbocycles. The van der Waals surface area contributed by atoms with Crippen LogP contribution in [0.1, 0.15) is 0 Å². The summed E-state index contributed by atoms with van der Waals surface area (Å²) < 4.78 is 57.3. The molecule has 28 heavy (non-hydrogen) atoms. The Morgan fingerprint density at radius 1 is 1.07 bits per heavy atom. The van der Waals surface area contributed by atoms with Crippen molar-refractivity contribution in [3.05, 3.63) is 54.4 Å². The number of halogens is 2. The minimum absolute atomic E-state index is 0.0682. The van der Waals surface area contributed by atoms with Crippen molar-refractivity contribution in [1.29, 1.82) is 0 Å². The number of nitrogens with one attached hydrogen (secondary N) is 2. The molecule has 0 saturated carbocycles. The third-order valence-corrected chi connectivity index (χ3v) is 4.10. The lowest BCUT2D eigenvalue weighted by Crippen LogP contribution is -2.09. The minimum atomic E-state index is -3.42. The number of benzene rings is 2. The van der Waals surface area contributed by atoms with E-state index >= 15 is 0 Å². The Balaban J connectivity index is 1.91. The Kier molecular flexibility index (Phi) is 5.36. The zero-order valence-corrected chi connectivity index (χ0v) is 15.6. The van der Waals surface area contributed by atoms with Crippen LogP contribution in [0.3, 0.4) is 0 Å². The topological polar surface area (TPSA) is 106 Å². The summed E-state index contributed by atoms with van der Waals surface area (Å²) in [6.45, 7) is 0. The second-order valence-corrected chi connectivity index (χ2v) is 7.40. The molecule has 11 heteroatoms. The number of ether oxygens (including phenoxy) is 1. The van der Waals surface area contributed by atoms with Gasteiger partial charge in [-0.25, -0.2) is 22.8 Å². The predicted molar refractivity (Wildman–Crippen MR) is 99.9 cm³/mol. The molecule has 3 aromatic rings. The first-order valence-corrected chi connectivity index (χ1v) is 9.72. The van der Waals surface area contributed by atoms with E-state index in [1.54, 1.807) is 24.3 Å². The third kappa shape index (κ3) is 4.49. The van der Waals surface area contributed by atoms with E-state index in [4.69, 9.17) is 4.74 Å². The number of methoxy groups -OCH3 is 1. The summed E-state index contributed by atoms with van der Waals surface area (Å²) in [5.41, 5.74) is 1.01. The quantitative estimate of drug-likeness (QED) is 0.647. The Morgan fingerprint density at radius 3 is 2.54 bits per heavy atom. The Labute approximate surface area is 159 Å². The lowest BCUT2D eigenvalue weighted by molar-refractivity contribution is 0.373. The molecule has 8 nitrogen and oxygen atoms in total. The largest absolute Gasteiger partial charge is 0.493 e. The maximum Gasteiger partial charge on any atom is 0.230 e. The molecule has 0 fully saturated rings. The summed E-state index contributed by atoms with van der Waals surface area (Å²) in [6, 6.07) is 8.68. The van der Waals surface area contributed by atoms with E-state index in [0.717, 1.165) is 12.3 Å². The summed E-state index contributed by atoms with van der Waals surface area (Å²) in [5, 5.41) is 2.90. The Bertz CT molecular complexity index is 1130. The van der Waals surface area contributed by atoms with E-state index in [9.17, 15) is 17.2 Å². The van der Waals surface area contributed by atoms with Crippen LogP contribution in [0.5, 0.6) is 5.75 Å². The van der Waals surface area contributed by atoms with Crippen molar-refractivity contribution in [2.75, 3.05) is 23.4 Å². The van der Waals surface area contributed by atoms with Crippen LogP contribution >= 0.6 is 0 Å². The van der Waals surface area contributed by atoms with Crippen molar-refractivity contribution in [1.82, 2.24) is 15.0 Å². The standard InChI is InChI=1S/C17H15F2N5O3S/c1-27-15-12(6-7-13(18)14(15)19)16-20-9-21-17(23-16)22-10-4-3-5-11(8-10)24-28(2,25)26/h3-9,24H,1-2H3,(H,20,21,22,23). The normalized spacial score (nSPS) is 11.1. The zero-order chi connectivity index (χ0) is 20.3. The average molecular weight is 407 g/mol. The summed E-state index contributed by atoms with van der Waals surface area (Å²) in [5.74, 6) is -2.33. The predicted octanol–water partition coefficient (Wildman–Crippen LogP) is 2.94. The van der Waals surface area contributed by atoms with E-state index in [0.29, 0.717) is 11.4 Å². The van der Waals surface area contributed by atoms with Gasteiger partial charge < -0.3 is 10.1 Å². The number of anilines is 3. The number of hydrogen-bond acceptors (Lipinski definition) is 7. The first-order chi connectivity index (χ1) is 13.3. The zero-order valence-electron chi connectivity index (χ0n) is 14.8. The van der Waals surface area contributed by atoms with Crippen molar-refractivity contribution in [2.45, 2.75) is 0 Å². The molecule has 0 amide bonds. The van der Waals surface area contributed by atoms with Crippen LogP contribution in [0, 0.1) is 11.6 Å². The maximum absolute atomic E-state index is 13.9. The molecular weight excluding hydrogens is 392 g/mol. The minimum Gasteiger partial charge on any atom is -0.493 e. The summed E-state index contributed by atoms with van der Waals surface area (Å²) in [6.07, 6.45) is 2.24. The van der Waals surface area contributed by atoms with Crippen LogP contribution in [0.25, 0.3) is 11.4 Å². The molecule has 0 bridgehead atoms. The molecule has 0 spiro atoms. The van der Waals surface area contributed by atoms with Crippen molar-refractivity contribution in [3.8, 4) is 17.1 Å². The number of hydrogen-bond donors (Lipinski definition) is 2. The van der Waals surface area contributed by atoms with Gasteiger partial charge in [-0.05, 0) is 30.3 Å². The fourth-order valence-electron chi connectivity index (χ4n) is 2.40. The summed E-state index contributed by atoms with van der Waals surface area (Å²) >= 11 is 0. The first-order valence-electron chi connectivity index (χ1n) is 7.83. The van der Waals surface area contributed by atoms with Gasteiger partial charge >= 0.3 is 0 Å². The third-order valence-electron chi connectivity index (χ3n) is 3.49. The lowest BCUT2D eigenvalue weighted by Gasteiger charge is -2.11. The van der Waals surface area contributed by atoms with E-state index in [1.807, 2.05) is 0 Å². The summed E-state index contributed by atoms with van der Waals surface area (Å²) in [7, 11) is -2.21. The van der Waals surface area contributed by atoms with Gasteiger partial charge in [-0.1, -0.05) is 6.07 Å². The van der Waals surface area contributed by atoms with E-state index in [2.05, 4.69) is 25.0 Å². The van der Waals surface area contributed by atoms with Crippen LogP contribution in [0.4, 0.5) is 26.1 Å². The van der Waals surface area contributed by atoms with Gasteiger partial charge in [0.05, 0.1) is 24.6 Å². The molecule has 0 saturated heterocycles. The second-order valence-electron chi connectivity index (χ2n) is 5.65. The molecule has 2 N–H and O–H groups in total. The van der Waals surface area contributed by atoms with Crippen molar-refractivity contribution < 1.29 is 21.9 Å². The van der Waals surface area contributed by atoms with Gasteiger partial charge in [-0.15, -0.1) is 0 Å². The molecule has 146 valence electrons. The molecule has 1 heterocycles. The maximum atomic E-state index is 13.9. The molecule has 0 unspecified atom stereocenters. The van der Waals surface area contributed by atoms with Gasteiger partial charge in [-0.2, -0.15) is 9.37 Å². The number of aromatic nitrogens is 3. The van der Waals surface area contributed by atoms with Crippen LogP contribution in [0.2, 0.25) is 0 Å². The monoisotopic (exact) mass is 407 g/mol. The molecular formula is C17H15F2N5O3S. The van der Waals surface area contributed by atoms with Crippen LogP contribution in [-0.2, 0) is 10.0 Å². The highest BCUT2D eigenvalue weighted by atomic mass is 32.2. The molecule has 0 aliphatic rings. The highest BCUT2D eigenvalue weighted by Gasteiger charge is 2.18. The molecule has 0 radical (unpaired) electrons. The van der Waals surface area contributed by atoms with Gasteiger partial charge in [0.15, 0.2) is 17.4 Å². The highest BCUT2D eigenvalue weighted by molar-refractivity contribution is 7.92. The van der Waals surface area contributed by atoms with Crippen molar-refractivity contribution >= 4 is 27.3 Å². The Morgan fingerprint density at radius 2 is 1.82 bits per heavy atom. The second kappa shape index (κ2) is 7.72. The molecule has 3 rings (SSSR count). The highest BCUT2D eigenvalue weighted by Crippen LogP contribution is 2.32. The van der Waals surface area contributed by atoms with Gasteiger partial charge in [0.1, 0.15) is 6.33 Å². The Hall–Kier alpha value is -3.34. The molecule has 1 aromatic heterocycles. The molecule has 0 atom stereocenters. The van der Waals surface area contributed by atoms with E-state index in [-0.39, 0.29) is 23.1 Å². The SMILES string of the molecule is COc1c(-c2ncnc(Nc3cccc(NS(C)(=O)=O)c3)n2)ccc(F)c1F. The molecule has 0 aliphatic heterocycles. The van der Waals surface area contributed by atoms with Crippen molar-refractivity contribution in [2.24, 2.45) is 0 Å². The fraction of sp³-hybridized carbons (Fsp3) is 0.118. The first kappa shape index (κ1) is 19.4.